The molecule has 1 aromatic rings. The molecule has 2 amide bonds. The van der Waals surface area contributed by atoms with Gasteiger partial charge in [0.05, 0.1) is 11.3 Å². The highest BCUT2D eigenvalue weighted by atomic mass is 35.5. The van der Waals surface area contributed by atoms with Gasteiger partial charge in [0.1, 0.15) is 0 Å². The van der Waals surface area contributed by atoms with E-state index in [0.29, 0.717) is 13.0 Å². The lowest BCUT2D eigenvalue weighted by Crippen LogP contribution is -2.32. The van der Waals surface area contributed by atoms with Crippen LogP contribution < -0.4 is 10.6 Å². The minimum Gasteiger partial charge on any atom is -0.478 e. The number of nitrogens with one attached hydrogen (secondary N) is 2. The van der Waals surface area contributed by atoms with Crippen LogP contribution in [-0.4, -0.2) is 39.4 Å². The summed E-state index contributed by atoms with van der Waals surface area (Å²) in [5.41, 5.74) is 0.0807. The number of benzene rings is 1. The SMILES string of the molecule is CC(CCNC(=O)Nc1ccc(Cl)cc1C(=O)O)S(C)=O. The van der Waals surface area contributed by atoms with E-state index in [2.05, 4.69) is 10.6 Å². The Balaban J connectivity index is 2.59. The van der Waals surface area contributed by atoms with Crippen LogP contribution in [0, 0.1) is 0 Å². The van der Waals surface area contributed by atoms with Gasteiger partial charge in [0.25, 0.3) is 0 Å². The molecule has 0 aliphatic heterocycles. The summed E-state index contributed by atoms with van der Waals surface area (Å²) in [5.74, 6) is -1.18. The Morgan fingerprint density at radius 2 is 2.10 bits per heavy atom. The minimum atomic E-state index is -1.18. The second kappa shape index (κ2) is 7.99. The van der Waals surface area contributed by atoms with E-state index >= 15 is 0 Å². The van der Waals surface area contributed by atoms with Crippen molar-refractivity contribution in [1.29, 1.82) is 0 Å². The van der Waals surface area contributed by atoms with Crippen molar-refractivity contribution in [2.45, 2.75) is 18.6 Å². The third kappa shape index (κ3) is 5.73. The van der Waals surface area contributed by atoms with Crippen molar-refractivity contribution in [3.05, 3.63) is 28.8 Å². The van der Waals surface area contributed by atoms with Gasteiger partial charge in [-0.25, -0.2) is 9.59 Å². The summed E-state index contributed by atoms with van der Waals surface area (Å²) in [7, 11) is -0.940. The first kappa shape index (κ1) is 17.5. The van der Waals surface area contributed by atoms with E-state index in [0.717, 1.165) is 0 Å². The second-order valence-corrected chi connectivity index (χ2v) is 6.71. The monoisotopic (exact) mass is 332 g/mol. The molecule has 0 fully saturated rings. The fourth-order valence-electron chi connectivity index (χ4n) is 1.52. The number of urea groups is 1. The topological polar surface area (TPSA) is 95.5 Å². The number of amides is 2. The molecule has 6 nitrogen and oxygen atoms in total. The number of halogens is 1. The third-order valence-electron chi connectivity index (χ3n) is 2.86. The van der Waals surface area contributed by atoms with Gasteiger partial charge < -0.3 is 15.7 Å². The van der Waals surface area contributed by atoms with Gasteiger partial charge in [0, 0.05) is 33.9 Å². The highest BCUT2D eigenvalue weighted by molar-refractivity contribution is 7.84. The molecule has 8 heteroatoms. The van der Waals surface area contributed by atoms with E-state index in [1.165, 1.54) is 18.2 Å². The van der Waals surface area contributed by atoms with Gasteiger partial charge in [-0.2, -0.15) is 0 Å². The molecule has 0 heterocycles. The van der Waals surface area contributed by atoms with E-state index in [-0.39, 0.29) is 21.5 Å². The highest BCUT2D eigenvalue weighted by Gasteiger charge is 2.13. The fraction of sp³-hybridized carbons (Fsp3) is 0.385. The van der Waals surface area contributed by atoms with Crippen molar-refractivity contribution in [1.82, 2.24) is 5.32 Å². The summed E-state index contributed by atoms with van der Waals surface area (Å²) in [6, 6.07) is 3.66. The Hall–Kier alpha value is -1.60. The van der Waals surface area contributed by atoms with Gasteiger partial charge in [-0.15, -0.1) is 0 Å². The van der Waals surface area contributed by atoms with Crippen LogP contribution in [-0.2, 0) is 10.8 Å². The van der Waals surface area contributed by atoms with Crippen molar-refractivity contribution >= 4 is 40.1 Å². The van der Waals surface area contributed by atoms with E-state index in [1.54, 1.807) is 6.26 Å². The molecular formula is C13H17ClN2O4S. The largest absolute Gasteiger partial charge is 0.478 e. The lowest BCUT2D eigenvalue weighted by molar-refractivity contribution is 0.0698. The Bertz CT molecular complexity index is 565. The van der Waals surface area contributed by atoms with Gasteiger partial charge in [0.15, 0.2) is 0 Å². The lowest BCUT2D eigenvalue weighted by Gasteiger charge is -2.12. The van der Waals surface area contributed by atoms with Gasteiger partial charge in [-0.05, 0) is 24.6 Å². The molecule has 116 valence electrons. The number of rotatable bonds is 6. The Morgan fingerprint density at radius 3 is 2.67 bits per heavy atom. The average molecular weight is 333 g/mol. The van der Waals surface area contributed by atoms with Crippen LogP contribution in [0.25, 0.3) is 0 Å². The quantitative estimate of drug-likeness (QED) is 0.745. The number of carboxylic acids is 1. The third-order valence-corrected chi connectivity index (χ3v) is 4.47. The predicted molar refractivity (Wildman–Crippen MR) is 83.6 cm³/mol. The molecule has 0 bridgehead atoms. The van der Waals surface area contributed by atoms with E-state index < -0.39 is 22.8 Å². The van der Waals surface area contributed by atoms with Crippen LogP contribution in [0.5, 0.6) is 0 Å². The molecule has 2 unspecified atom stereocenters. The van der Waals surface area contributed by atoms with Crippen LogP contribution in [0.4, 0.5) is 10.5 Å². The maximum Gasteiger partial charge on any atom is 0.337 e. The van der Waals surface area contributed by atoms with Crippen molar-refractivity contribution in [2.24, 2.45) is 0 Å². The summed E-state index contributed by atoms with van der Waals surface area (Å²) in [4.78, 5) is 22.8. The number of anilines is 1. The summed E-state index contributed by atoms with van der Waals surface area (Å²) >= 11 is 5.73. The highest BCUT2D eigenvalue weighted by Crippen LogP contribution is 2.20. The lowest BCUT2D eigenvalue weighted by atomic mass is 10.2. The normalized spacial score (nSPS) is 13.3. The van der Waals surface area contributed by atoms with Gasteiger partial charge in [0.2, 0.25) is 0 Å². The number of hydrogen-bond donors (Lipinski definition) is 3. The summed E-state index contributed by atoms with van der Waals surface area (Å²) < 4.78 is 11.2. The standard InChI is InChI=1S/C13H17ClN2O4S/c1-8(21(2)20)5-6-15-13(19)16-11-4-3-9(14)7-10(11)12(17)18/h3-4,7-8H,5-6H2,1-2H3,(H,17,18)(H2,15,16,19). The fourth-order valence-corrected chi connectivity index (χ4v) is 2.15. The van der Waals surface area contributed by atoms with Crippen molar-refractivity contribution in [2.75, 3.05) is 18.1 Å². The molecule has 1 rings (SSSR count). The van der Waals surface area contributed by atoms with Crippen LogP contribution in [0.2, 0.25) is 5.02 Å². The summed E-state index contributed by atoms with van der Waals surface area (Å²) in [5, 5.41) is 14.4. The number of aromatic carboxylic acids is 1. The zero-order valence-corrected chi connectivity index (χ0v) is 13.3. The molecule has 0 radical (unpaired) electrons. The first-order valence-electron chi connectivity index (χ1n) is 6.21. The molecule has 0 saturated heterocycles. The van der Waals surface area contributed by atoms with Crippen LogP contribution in [0.3, 0.4) is 0 Å². The molecule has 0 aliphatic rings. The Labute approximate surface area is 130 Å². The molecule has 0 aromatic heterocycles. The molecule has 0 spiro atoms. The molecule has 1 aromatic carbocycles. The number of hydrogen-bond acceptors (Lipinski definition) is 3. The first-order chi connectivity index (χ1) is 9.81. The van der Waals surface area contributed by atoms with Crippen LogP contribution in [0.15, 0.2) is 18.2 Å². The Morgan fingerprint density at radius 1 is 1.43 bits per heavy atom. The van der Waals surface area contributed by atoms with E-state index in [4.69, 9.17) is 16.7 Å². The molecule has 2 atom stereocenters. The van der Waals surface area contributed by atoms with Crippen LogP contribution >= 0.6 is 11.6 Å². The van der Waals surface area contributed by atoms with Crippen molar-refractivity contribution < 1.29 is 18.9 Å². The number of carbonyl (C=O) groups excluding carboxylic acids is 1. The molecule has 0 saturated carbocycles. The minimum absolute atomic E-state index is 0.0181. The van der Waals surface area contributed by atoms with Crippen LogP contribution in [0.1, 0.15) is 23.7 Å². The van der Waals surface area contributed by atoms with E-state index in [1.807, 2.05) is 6.92 Å². The van der Waals surface area contributed by atoms with E-state index in [9.17, 15) is 13.8 Å². The summed E-state index contributed by atoms with van der Waals surface area (Å²) in [6.07, 6.45) is 2.18. The zero-order valence-electron chi connectivity index (χ0n) is 11.7. The molecule has 3 N–H and O–H groups in total. The Kier molecular flexibility index (Phi) is 6.64. The maximum absolute atomic E-state index is 11.7. The van der Waals surface area contributed by atoms with Crippen molar-refractivity contribution in [3.63, 3.8) is 0 Å². The number of carboxylic acid groups (broad SMARTS) is 1. The smallest absolute Gasteiger partial charge is 0.337 e. The molecule has 21 heavy (non-hydrogen) atoms. The summed E-state index contributed by atoms with van der Waals surface area (Å²) in [6.45, 7) is 2.18. The van der Waals surface area contributed by atoms with Gasteiger partial charge in [-0.3, -0.25) is 4.21 Å². The van der Waals surface area contributed by atoms with Crippen molar-refractivity contribution in [3.8, 4) is 0 Å². The second-order valence-electron chi connectivity index (χ2n) is 4.47. The molecular weight excluding hydrogens is 316 g/mol. The maximum atomic E-state index is 11.7. The predicted octanol–water partition coefficient (Wildman–Crippen LogP) is 2.32. The van der Waals surface area contributed by atoms with Gasteiger partial charge >= 0.3 is 12.0 Å². The van der Waals surface area contributed by atoms with Gasteiger partial charge in [-0.1, -0.05) is 18.5 Å². The zero-order chi connectivity index (χ0) is 16.0. The molecule has 0 aliphatic carbocycles. The number of carbonyl (C=O) groups is 2. The average Bonchev–Trinajstić information content (AvgIpc) is 2.40. The first-order valence-corrected chi connectivity index (χ1v) is 8.21.